The summed E-state index contributed by atoms with van der Waals surface area (Å²) in [4.78, 5) is 26.0. The molecule has 7 nitrogen and oxygen atoms in total. The number of carbonyl (C=O) groups excluding carboxylic acids is 2. The van der Waals surface area contributed by atoms with Gasteiger partial charge in [0, 0.05) is 24.4 Å². The second kappa shape index (κ2) is 4.94. The summed E-state index contributed by atoms with van der Waals surface area (Å²) in [5.74, 6) is 0.0645. The number of ether oxygens (including phenoxy) is 2. The van der Waals surface area contributed by atoms with Gasteiger partial charge in [-0.2, -0.15) is 0 Å². The van der Waals surface area contributed by atoms with Gasteiger partial charge in [0.05, 0.1) is 12.2 Å². The molecule has 0 spiro atoms. The first-order valence-electron chi connectivity index (χ1n) is 7.61. The summed E-state index contributed by atoms with van der Waals surface area (Å²) in [5.41, 5.74) is 1.14. The summed E-state index contributed by atoms with van der Waals surface area (Å²) >= 11 is 0. The number of fused-ring (bicyclic) bond motifs is 4. The van der Waals surface area contributed by atoms with Crippen molar-refractivity contribution >= 4 is 11.8 Å². The third-order valence-electron chi connectivity index (χ3n) is 4.95. The van der Waals surface area contributed by atoms with Crippen LogP contribution in [0.15, 0.2) is 12.1 Å². The number of hydrogen-bond acceptors (Lipinski definition) is 6. The summed E-state index contributed by atoms with van der Waals surface area (Å²) in [5, 5.41) is 20.0. The highest BCUT2D eigenvalue weighted by molar-refractivity contribution is 6.07. The molecule has 2 heterocycles. The summed E-state index contributed by atoms with van der Waals surface area (Å²) < 4.78 is 10.7. The maximum atomic E-state index is 12.8. The molecule has 23 heavy (non-hydrogen) atoms. The van der Waals surface area contributed by atoms with Crippen molar-refractivity contribution < 1.29 is 29.3 Å². The molecule has 0 radical (unpaired) electrons. The minimum atomic E-state index is -0.943. The van der Waals surface area contributed by atoms with Gasteiger partial charge in [-0.3, -0.25) is 14.5 Å². The first-order chi connectivity index (χ1) is 11.0. The van der Waals surface area contributed by atoms with Crippen molar-refractivity contribution in [3.8, 4) is 11.5 Å². The molecule has 2 N–H and O–H groups in total. The Labute approximate surface area is 132 Å². The van der Waals surface area contributed by atoms with Crippen LogP contribution in [0.3, 0.4) is 0 Å². The molecular weight excluding hydrogens is 302 g/mol. The van der Waals surface area contributed by atoms with E-state index in [1.807, 2.05) is 0 Å². The van der Waals surface area contributed by atoms with Crippen LogP contribution in [0.2, 0.25) is 0 Å². The largest absolute Gasteiger partial charge is 0.454 e. The van der Waals surface area contributed by atoms with Crippen LogP contribution in [-0.4, -0.2) is 52.0 Å². The summed E-state index contributed by atoms with van der Waals surface area (Å²) in [6.45, 7) is 1.43. The van der Waals surface area contributed by atoms with E-state index in [4.69, 9.17) is 9.47 Å². The van der Waals surface area contributed by atoms with Crippen LogP contribution in [0.4, 0.5) is 0 Å². The zero-order valence-electron chi connectivity index (χ0n) is 12.6. The number of benzene rings is 1. The maximum Gasteiger partial charge on any atom is 0.261 e. The molecule has 2 amide bonds. The molecule has 1 aliphatic carbocycles. The van der Waals surface area contributed by atoms with E-state index in [-0.39, 0.29) is 31.5 Å². The molecule has 4 rings (SSSR count). The number of aliphatic hydroxyl groups is 2. The molecule has 0 bridgehead atoms. The van der Waals surface area contributed by atoms with E-state index in [2.05, 4.69) is 0 Å². The Morgan fingerprint density at radius 2 is 1.83 bits per heavy atom. The van der Waals surface area contributed by atoms with Crippen LogP contribution in [0, 0.1) is 0 Å². The highest BCUT2D eigenvalue weighted by Gasteiger charge is 2.47. The molecular formula is C16H17NO6. The predicted octanol–water partition coefficient (Wildman–Crippen LogP) is 0.385. The Hall–Kier alpha value is -2.12. The predicted molar refractivity (Wildman–Crippen MR) is 77.2 cm³/mol. The fourth-order valence-electron chi connectivity index (χ4n) is 3.87. The zero-order valence-corrected chi connectivity index (χ0v) is 12.6. The Bertz CT molecular complexity index is 702. The third kappa shape index (κ3) is 2.04. The smallest absolute Gasteiger partial charge is 0.261 e. The second-order valence-electron chi connectivity index (χ2n) is 6.27. The summed E-state index contributed by atoms with van der Waals surface area (Å²) in [6.07, 6.45) is -1.36. The number of amides is 2. The lowest BCUT2D eigenvalue weighted by Gasteiger charge is -2.46. The maximum absolute atomic E-state index is 12.8. The molecule has 4 atom stereocenters. The first kappa shape index (κ1) is 14.5. The fraction of sp³-hybridized carbons (Fsp3) is 0.500. The van der Waals surface area contributed by atoms with Crippen molar-refractivity contribution in [3.63, 3.8) is 0 Å². The van der Waals surface area contributed by atoms with Gasteiger partial charge in [-0.25, -0.2) is 0 Å². The van der Waals surface area contributed by atoms with Crippen LogP contribution < -0.4 is 9.47 Å². The van der Waals surface area contributed by atoms with Crippen LogP contribution in [0.25, 0.3) is 0 Å². The number of imide groups is 1. The SMILES string of the molecule is CC(=O)N1C(=O)c2cc3c(cc2[C@H]2C[C@H](O)[C@H](O)C[C@@H]21)OCO3. The standard InChI is InChI=1S/C16H17NO6/c1-7(18)17-11-5-13(20)12(19)2-9(11)8-3-14-15(23-6-22-14)4-10(8)16(17)21/h3-4,9,11-13,19-20H,2,5-6H2,1H3/t9-,11+,12+,13-/m1/s1. The lowest BCUT2D eigenvalue weighted by atomic mass is 9.72. The number of nitrogens with zero attached hydrogens (tertiary/aromatic N) is 1. The van der Waals surface area contributed by atoms with Crippen molar-refractivity contribution in [1.82, 2.24) is 4.90 Å². The van der Waals surface area contributed by atoms with Gasteiger partial charge in [0.1, 0.15) is 0 Å². The van der Waals surface area contributed by atoms with E-state index >= 15 is 0 Å². The number of rotatable bonds is 0. The quantitative estimate of drug-likeness (QED) is 0.718. The highest BCUT2D eigenvalue weighted by atomic mass is 16.7. The molecule has 1 aromatic carbocycles. The van der Waals surface area contributed by atoms with Crippen molar-refractivity contribution in [3.05, 3.63) is 23.3 Å². The van der Waals surface area contributed by atoms with Crippen molar-refractivity contribution in [2.24, 2.45) is 0 Å². The highest BCUT2D eigenvalue weighted by Crippen LogP contribution is 2.46. The van der Waals surface area contributed by atoms with E-state index in [1.54, 1.807) is 12.1 Å². The lowest BCUT2D eigenvalue weighted by Crippen LogP contribution is -2.56. The van der Waals surface area contributed by atoms with E-state index < -0.39 is 24.2 Å². The Morgan fingerprint density at radius 3 is 2.52 bits per heavy atom. The van der Waals surface area contributed by atoms with E-state index in [0.29, 0.717) is 17.1 Å². The lowest BCUT2D eigenvalue weighted by molar-refractivity contribution is -0.131. The normalized spacial score (nSPS) is 31.6. The van der Waals surface area contributed by atoms with E-state index in [0.717, 1.165) is 5.56 Å². The molecule has 1 saturated carbocycles. The average Bonchev–Trinajstić information content (AvgIpc) is 2.95. The summed E-state index contributed by atoms with van der Waals surface area (Å²) in [7, 11) is 0. The number of carbonyl (C=O) groups is 2. The number of hydrogen-bond donors (Lipinski definition) is 2. The van der Waals surface area contributed by atoms with Crippen LogP contribution in [0.5, 0.6) is 11.5 Å². The van der Waals surface area contributed by atoms with Crippen LogP contribution in [0.1, 0.15) is 41.6 Å². The van der Waals surface area contributed by atoms with Gasteiger partial charge < -0.3 is 19.7 Å². The van der Waals surface area contributed by atoms with Crippen LogP contribution in [-0.2, 0) is 4.79 Å². The van der Waals surface area contributed by atoms with E-state index in [1.165, 1.54) is 11.8 Å². The summed E-state index contributed by atoms with van der Waals surface area (Å²) in [6, 6.07) is 2.91. The molecule has 1 fully saturated rings. The second-order valence-corrected chi connectivity index (χ2v) is 6.27. The minimum Gasteiger partial charge on any atom is -0.454 e. The first-order valence-corrected chi connectivity index (χ1v) is 7.61. The van der Waals surface area contributed by atoms with Gasteiger partial charge >= 0.3 is 0 Å². The third-order valence-corrected chi connectivity index (χ3v) is 4.95. The molecule has 1 aromatic rings. The van der Waals surface area contributed by atoms with Gasteiger partial charge in [-0.05, 0) is 30.5 Å². The molecule has 0 saturated heterocycles. The van der Waals surface area contributed by atoms with Crippen LogP contribution >= 0.6 is 0 Å². The minimum absolute atomic E-state index is 0.0955. The molecule has 0 unspecified atom stereocenters. The molecule has 122 valence electrons. The topological polar surface area (TPSA) is 96.3 Å². The molecule has 2 aliphatic heterocycles. The van der Waals surface area contributed by atoms with Crippen molar-refractivity contribution in [2.45, 2.75) is 43.9 Å². The Kier molecular flexibility index (Phi) is 3.11. The Balaban J connectivity index is 1.86. The van der Waals surface area contributed by atoms with Gasteiger partial charge in [0.15, 0.2) is 11.5 Å². The fourth-order valence-corrected chi connectivity index (χ4v) is 3.87. The van der Waals surface area contributed by atoms with Crippen molar-refractivity contribution in [2.75, 3.05) is 6.79 Å². The van der Waals surface area contributed by atoms with Gasteiger partial charge in [0.2, 0.25) is 12.7 Å². The monoisotopic (exact) mass is 319 g/mol. The van der Waals surface area contributed by atoms with Gasteiger partial charge in [0.25, 0.3) is 5.91 Å². The zero-order chi connectivity index (χ0) is 16.3. The van der Waals surface area contributed by atoms with Gasteiger partial charge in [-0.15, -0.1) is 0 Å². The average molecular weight is 319 g/mol. The van der Waals surface area contributed by atoms with Gasteiger partial charge in [-0.1, -0.05) is 0 Å². The van der Waals surface area contributed by atoms with Crippen molar-refractivity contribution in [1.29, 1.82) is 0 Å². The Morgan fingerprint density at radius 1 is 1.17 bits per heavy atom. The molecule has 3 aliphatic rings. The molecule has 0 aromatic heterocycles. The number of aliphatic hydroxyl groups excluding tert-OH is 2. The molecule has 7 heteroatoms. The van der Waals surface area contributed by atoms with E-state index in [9.17, 15) is 19.8 Å².